The number of anilines is 6. The predicted molar refractivity (Wildman–Crippen MR) is 435 cm³/mol. The van der Waals surface area contributed by atoms with Crippen molar-refractivity contribution >= 4 is 132 Å². The number of benzene rings is 16. The van der Waals surface area contributed by atoms with Gasteiger partial charge in [0.05, 0.1) is 55.2 Å². The van der Waals surface area contributed by atoms with Crippen LogP contribution in [0.25, 0.3) is 142 Å². The van der Waals surface area contributed by atoms with Gasteiger partial charge >= 0.3 is 0 Å². The summed E-state index contributed by atoms with van der Waals surface area (Å²) >= 11 is 1.92. The molecule has 2 aliphatic heterocycles. The molecule has 474 valence electrons. The Morgan fingerprint density at radius 3 is 0.912 bits per heavy atom. The number of aromatic nitrogens is 2. The number of hydrogen-bond donors (Lipinski definition) is 0. The van der Waals surface area contributed by atoms with Crippen molar-refractivity contribution in [2.45, 2.75) is 0 Å². The zero-order chi connectivity index (χ0) is 66.9. The highest BCUT2D eigenvalue weighted by molar-refractivity contribution is 7.26. The third-order valence-electron chi connectivity index (χ3n) is 21.5. The highest BCUT2D eigenvalue weighted by atomic mass is 32.1. The number of para-hydroxylation sites is 6. The molecule has 0 N–H and O–H groups in total. The lowest BCUT2D eigenvalue weighted by Crippen LogP contribution is -2.61. The van der Waals surface area contributed by atoms with Gasteiger partial charge in [-0.05, 0) is 110 Å². The first-order valence-corrected chi connectivity index (χ1v) is 36.0. The van der Waals surface area contributed by atoms with E-state index < -0.39 is 0 Å². The van der Waals surface area contributed by atoms with Gasteiger partial charge in [0.25, 0.3) is 6.71 Å². The van der Waals surface area contributed by atoms with E-state index in [1.807, 2.05) is 11.3 Å². The monoisotopic (exact) mass is 1310 g/mol. The minimum Gasteiger partial charge on any atom is -0.310 e. The maximum atomic E-state index is 2.76. The van der Waals surface area contributed by atoms with Crippen molar-refractivity contribution in [1.29, 1.82) is 0 Å². The van der Waals surface area contributed by atoms with Gasteiger partial charge in [-0.3, -0.25) is 0 Å². The summed E-state index contributed by atoms with van der Waals surface area (Å²) < 4.78 is 7.60. The van der Waals surface area contributed by atoms with E-state index in [0.717, 1.165) is 129 Å². The van der Waals surface area contributed by atoms with Gasteiger partial charge in [-0.25, -0.2) is 0 Å². The van der Waals surface area contributed by atoms with E-state index in [0.29, 0.717) is 0 Å². The third-order valence-corrected chi connectivity index (χ3v) is 22.7. The molecule has 6 heteroatoms. The number of hydrogen-bond acceptors (Lipinski definition) is 3. The van der Waals surface area contributed by atoms with Gasteiger partial charge in [-0.1, -0.05) is 309 Å². The second-order valence-electron chi connectivity index (χ2n) is 26.9. The van der Waals surface area contributed by atoms with Gasteiger partial charge in [0.2, 0.25) is 0 Å². The van der Waals surface area contributed by atoms with Crippen LogP contribution in [0.3, 0.4) is 0 Å². The maximum Gasteiger partial charge on any atom is 0.252 e. The van der Waals surface area contributed by atoms with Gasteiger partial charge < -0.3 is 18.9 Å². The van der Waals surface area contributed by atoms with Gasteiger partial charge in [-0.15, -0.1) is 11.3 Å². The molecular formula is C96H61BN4S. The standard InChI is InChI=1S/C96H61BN4S/c1-7-31-62(32-8-1)68-48-29-49-69(63-33-9-2-10-34-63)93(68)100-88-57-77(66-39-15-5-16-40-66)86(98-82-52-24-19-43-72(82)73-44-20-25-53-83(73)98)60-80(88)97-81-61-87(99-84-54-26-21-45-74(84)75-46-22-27-55-85(75)99)78(67-41-17-6-18-42-67)58-89(81)101(95-92(97)90(100)59-79-76-47-23-28-56-91(76)102-96(79)95)94-70(64-35-11-3-12-36-64)50-30-51-71(94)65-37-13-4-14-38-65/h1-61H. The van der Waals surface area contributed by atoms with Crippen LogP contribution >= 0.6 is 11.3 Å². The topological polar surface area (TPSA) is 16.3 Å². The molecule has 0 atom stereocenters. The normalized spacial score (nSPS) is 12.5. The van der Waals surface area contributed by atoms with Gasteiger partial charge in [0.15, 0.2) is 0 Å². The summed E-state index contributed by atoms with van der Waals surface area (Å²) in [4.78, 5) is 5.48. The molecule has 19 aromatic rings. The Kier molecular flexibility index (Phi) is 13.3. The van der Waals surface area contributed by atoms with E-state index in [-0.39, 0.29) is 6.71 Å². The van der Waals surface area contributed by atoms with Gasteiger partial charge in [0.1, 0.15) is 0 Å². The van der Waals surface area contributed by atoms with Crippen molar-refractivity contribution < 1.29 is 0 Å². The number of thiophene rings is 1. The fourth-order valence-corrected chi connectivity index (χ4v) is 18.4. The van der Waals surface area contributed by atoms with E-state index in [1.165, 1.54) is 63.8 Å². The highest BCUT2D eigenvalue weighted by Crippen LogP contribution is 2.58. The Morgan fingerprint density at radius 1 is 0.216 bits per heavy atom. The van der Waals surface area contributed by atoms with Crippen molar-refractivity contribution in [3.05, 3.63) is 370 Å². The first-order valence-electron chi connectivity index (χ1n) is 35.2. The predicted octanol–water partition coefficient (Wildman–Crippen LogP) is 24.3. The quantitative estimate of drug-likeness (QED) is 0.127. The fourth-order valence-electron chi connectivity index (χ4n) is 17.2. The van der Waals surface area contributed by atoms with Crippen LogP contribution in [0.4, 0.5) is 34.1 Å². The molecule has 5 heterocycles. The van der Waals surface area contributed by atoms with Crippen molar-refractivity contribution in [2.24, 2.45) is 0 Å². The summed E-state index contributed by atoms with van der Waals surface area (Å²) in [6, 6.07) is 139. The molecule has 2 aliphatic rings. The molecule has 0 bridgehead atoms. The van der Waals surface area contributed by atoms with Crippen LogP contribution in [-0.2, 0) is 0 Å². The summed E-state index contributed by atoms with van der Waals surface area (Å²) in [7, 11) is 0. The smallest absolute Gasteiger partial charge is 0.252 e. The number of nitrogens with zero attached hydrogens (tertiary/aromatic N) is 4. The van der Waals surface area contributed by atoms with Crippen molar-refractivity contribution in [3.63, 3.8) is 0 Å². The molecule has 0 radical (unpaired) electrons. The first-order chi connectivity index (χ1) is 50.7. The molecule has 21 rings (SSSR count). The molecule has 16 aromatic carbocycles. The van der Waals surface area contributed by atoms with E-state index >= 15 is 0 Å². The minimum atomic E-state index is -0.372. The van der Waals surface area contributed by atoms with Crippen LogP contribution < -0.4 is 26.2 Å². The Bertz CT molecular complexity index is 6210. The van der Waals surface area contributed by atoms with E-state index in [2.05, 4.69) is 389 Å². The molecular weight excluding hydrogens is 1250 g/mol. The zero-order valence-electron chi connectivity index (χ0n) is 55.5. The van der Waals surface area contributed by atoms with Crippen LogP contribution in [0.5, 0.6) is 0 Å². The molecule has 0 amide bonds. The molecule has 0 saturated carbocycles. The lowest BCUT2D eigenvalue weighted by molar-refractivity contribution is 1.17. The number of rotatable bonds is 10. The molecule has 102 heavy (non-hydrogen) atoms. The summed E-state index contributed by atoms with van der Waals surface area (Å²) in [5.41, 5.74) is 30.8. The summed E-state index contributed by atoms with van der Waals surface area (Å²) in [5.74, 6) is 0. The third kappa shape index (κ3) is 8.83. The molecule has 4 nitrogen and oxygen atoms in total. The zero-order valence-corrected chi connectivity index (χ0v) is 56.3. The van der Waals surface area contributed by atoms with Crippen LogP contribution in [0.2, 0.25) is 0 Å². The van der Waals surface area contributed by atoms with Crippen LogP contribution in [-0.4, -0.2) is 15.8 Å². The lowest BCUT2D eigenvalue weighted by Gasteiger charge is -2.46. The van der Waals surface area contributed by atoms with Crippen molar-refractivity contribution in [2.75, 3.05) is 9.80 Å². The van der Waals surface area contributed by atoms with E-state index in [9.17, 15) is 0 Å². The molecule has 0 aliphatic carbocycles. The molecule has 0 fully saturated rings. The van der Waals surface area contributed by atoms with Crippen LogP contribution in [0.15, 0.2) is 370 Å². The minimum absolute atomic E-state index is 0.372. The Morgan fingerprint density at radius 2 is 0.529 bits per heavy atom. The van der Waals surface area contributed by atoms with Crippen LogP contribution in [0.1, 0.15) is 0 Å². The van der Waals surface area contributed by atoms with E-state index in [1.54, 1.807) is 0 Å². The van der Waals surface area contributed by atoms with Gasteiger partial charge in [0, 0.05) is 87.5 Å². The molecule has 0 saturated heterocycles. The summed E-state index contributed by atoms with van der Waals surface area (Å²) in [5, 5.41) is 7.28. The average molecular weight is 1310 g/mol. The largest absolute Gasteiger partial charge is 0.310 e. The SMILES string of the molecule is c1ccc(-c2cc3c(cc2-n2c4ccccc4c4ccccc42)B2c4cc(-n5c6ccccc6c6ccccc65)c(-c5ccccc5)cc4N(c4c(-c5ccccc5)cccc4-c4ccccc4)c4c2c(cc2c4sc4ccccc42)N3c2c(-c3ccccc3)cccc2-c2ccccc2)cc1. The van der Waals surface area contributed by atoms with Crippen molar-refractivity contribution in [3.8, 4) is 78.1 Å². The molecule has 0 spiro atoms. The summed E-state index contributed by atoms with van der Waals surface area (Å²) in [6.07, 6.45) is 0. The van der Waals surface area contributed by atoms with Crippen LogP contribution in [0, 0.1) is 0 Å². The molecule has 3 aromatic heterocycles. The fraction of sp³-hybridized carbons (Fsp3) is 0. The second-order valence-corrected chi connectivity index (χ2v) is 28.0. The summed E-state index contributed by atoms with van der Waals surface area (Å²) in [6.45, 7) is -0.372. The number of fused-ring (bicyclic) bond motifs is 14. The van der Waals surface area contributed by atoms with E-state index in [4.69, 9.17) is 0 Å². The highest BCUT2D eigenvalue weighted by Gasteiger charge is 2.48. The lowest BCUT2D eigenvalue weighted by atomic mass is 9.33. The Hall–Kier alpha value is -13.0. The maximum absolute atomic E-state index is 2.76. The Balaban J connectivity index is 1.02. The first kappa shape index (κ1) is 58.0. The Labute approximate surface area is 595 Å². The van der Waals surface area contributed by atoms with Crippen molar-refractivity contribution in [1.82, 2.24) is 9.13 Å². The average Bonchev–Trinajstić information content (AvgIpc) is 1.07. The molecule has 0 unspecified atom stereocenters. The second kappa shape index (κ2) is 23.3. The van der Waals surface area contributed by atoms with Gasteiger partial charge in [-0.2, -0.15) is 0 Å².